The molecule has 4 N–H and O–H groups in total. The number of nitrogens with zero attached hydrogens (tertiary/aromatic N) is 1. The number of aromatic amines is 1. The van der Waals surface area contributed by atoms with Crippen LogP contribution in [0, 0.1) is 13.8 Å². The summed E-state index contributed by atoms with van der Waals surface area (Å²) in [5.41, 5.74) is 10.4. The zero-order valence-corrected chi connectivity index (χ0v) is 11.8. The molecule has 6 nitrogen and oxygen atoms in total. The summed E-state index contributed by atoms with van der Waals surface area (Å²) < 4.78 is 4.73. The third-order valence-electron chi connectivity index (χ3n) is 3.21. The zero-order valence-electron chi connectivity index (χ0n) is 11.8. The lowest BCUT2D eigenvalue weighted by molar-refractivity contribution is 0.0602. The normalized spacial score (nSPS) is 10.3. The van der Waals surface area contributed by atoms with Gasteiger partial charge in [-0.05, 0) is 31.5 Å². The monoisotopic (exact) mass is 274 g/mol. The fourth-order valence-electron chi connectivity index (χ4n) is 1.93. The third kappa shape index (κ3) is 2.74. The van der Waals surface area contributed by atoms with Crippen LogP contribution in [0.3, 0.4) is 0 Å². The molecule has 0 radical (unpaired) electrons. The minimum Gasteiger partial charge on any atom is -0.465 e. The van der Waals surface area contributed by atoms with Crippen LogP contribution in [-0.4, -0.2) is 23.3 Å². The van der Waals surface area contributed by atoms with Crippen molar-refractivity contribution in [3.05, 3.63) is 40.7 Å². The van der Waals surface area contributed by atoms with E-state index >= 15 is 0 Å². The number of aryl methyl sites for hydroxylation is 2. The Morgan fingerprint density at radius 1 is 1.45 bits per heavy atom. The van der Waals surface area contributed by atoms with Crippen molar-refractivity contribution < 1.29 is 9.53 Å². The van der Waals surface area contributed by atoms with Gasteiger partial charge in [-0.2, -0.15) is 5.10 Å². The summed E-state index contributed by atoms with van der Waals surface area (Å²) in [4.78, 5) is 11.7. The van der Waals surface area contributed by atoms with Crippen LogP contribution in [-0.2, 0) is 11.3 Å². The molecule has 0 bridgehead atoms. The molecule has 0 aliphatic heterocycles. The number of ether oxygens (including phenoxy) is 1. The van der Waals surface area contributed by atoms with Gasteiger partial charge in [-0.3, -0.25) is 5.10 Å². The topological polar surface area (TPSA) is 93.0 Å². The molecule has 0 spiro atoms. The Morgan fingerprint density at radius 3 is 2.80 bits per heavy atom. The maximum atomic E-state index is 11.7. The van der Waals surface area contributed by atoms with E-state index in [1.807, 2.05) is 19.9 Å². The summed E-state index contributed by atoms with van der Waals surface area (Å²) in [6.07, 6.45) is 1.77. The van der Waals surface area contributed by atoms with Crippen molar-refractivity contribution in [1.29, 1.82) is 0 Å². The van der Waals surface area contributed by atoms with Gasteiger partial charge in [-0.1, -0.05) is 0 Å². The molecule has 0 atom stereocenters. The lowest BCUT2D eigenvalue weighted by Gasteiger charge is -2.12. The van der Waals surface area contributed by atoms with Gasteiger partial charge in [0.1, 0.15) is 0 Å². The highest BCUT2D eigenvalue weighted by Gasteiger charge is 2.13. The molecule has 106 valence electrons. The molecule has 0 saturated carbocycles. The molecule has 1 heterocycles. The molecular formula is C14H18N4O2. The molecule has 0 unspecified atom stereocenters. The van der Waals surface area contributed by atoms with Crippen LogP contribution in [0.4, 0.5) is 11.4 Å². The van der Waals surface area contributed by atoms with E-state index in [2.05, 4.69) is 15.5 Å². The highest BCUT2D eigenvalue weighted by atomic mass is 16.5. The maximum absolute atomic E-state index is 11.7. The molecule has 20 heavy (non-hydrogen) atoms. The van der Waals surface area contributed by atoms with E-state index in [-0.39, 0.29) is 0 Å². The van der Waals surface area contributed by atoms with E-state index in [1.54, 1.807) is 12.3 Å². The summed E-state index contributed by atoms with van der Waals surface area (Å²) in [5.74, 6) is -0.436. The molecule has 0 saturated heterocycles. The standard InChI is InChI=1S/C14H18N4O2/c1-8-4-11(5-12(13(8)15)14(19)20-3)16-6-10-7-17-18-9(10)2/h4-5,7,16H,6,15H2,1-3H3,(H,17,18). The lowest BCUT2D eigenvalue weighted by atomic mass is 10.1. The van der Waals surface area contributed by atoms with Crippen LogP contribution < -0.4 is 11.1 Å². The number of benzene rings is 1. The van der Waals surface area contributed by atoms with E-state index in [0.29, 0.717) is 17.8 Å². The van der Waals surface area contributed by atoms with E-state index < -0.39 is 5.97 Å². The number of aromatic nitrogens is 2. The zero-order chi connectivity index (χ0) is 14.7. The van der Waals surface area contributed by atoms with Gasteiger partial charge < -0.3 is 15.8 Å². The van der Waals surface area contributed by atoms with E-state index in [4.69, 9.17) is 10.5 Å². The number of anilines is 2. The largest absolute Gasteiger partial charge is 0.465 e. The average molecular weight is 274 g/mol. The Kier molecular flexibility index (Phi) is 3.93. The number of nitrogens with two attached hydrogens (primary N) is 1. The number of H-pyrrole nitrogens is 1. The Bertz CT molecular complexity index is 634. The van der Waals surface area contributed by atoms with Crippen molar-refractivity contribution in [1.82, 2.24) is 10.2 Å². The molecular weight excluding hydrogens is 256 g/mol. The fraction of sp³-hybridized carbons (Fsp3) is 0.286. The first-order chi connectivity index (χ1) is 9.52. The van der Waals surface area contributed by atoms with Gasteiger partial charge >= 0.3 is 5.97 Å². The smallest absolute Gasteiger partial charge is 0.340 e. The molecule has 0 fully saturated rings. The van der Waals surface area contributed by atoms with Gasteiger partial charge in [-0.15, -0.1) is 0 Å². The van der Waals surface area contributed by atoms with Crippen molar-refractivity contribution in [3.8, 4) is 0 Å². The number of methoxy groups -OCH3 is 1. The molecule has 0 aliphatic rings. The minimum absolute atomic E-state index is 0.374. The molecule has 1 aromatic heterocycles. The second kappa shape index (κ2) is 5.64. The summed E-state index contributed by atoms with van der Waals surface area (Å²) >= 11 is 0. The van der Waals surface area contributed by atoms with Crippen molar-refractivity contribution in [2.75, 3.05) is 18.2 Å². The van der Waals surface area contributed by atoms with Gasteiger partial charge in [-0.25, -0.2) is 4.79 Å². The van der Waals surface area contributed by atoms with Crippen molar-refractivity contribution in [2.24, 2.45) is 0 Å². The molecule has 2 rings (SSSR count). The molecule has 2 aromatic rings. The van der Waals surface area contributed by atoms with Gasteiger partial charge in [0.05, 0.1) is 18.9 Å². The number of esters is 1. The van der Waals surface area contributed by atoms with Crippen LogP contribution in [0.15, 0.2) is 18.3 Å². The van der Waals surface area contributed by atoms with Gasteiger partial charge in [0.25, 0.3) is 0 Å². The van der Waals surface area contributed by atoms with Crippen LogP contribution in [0.25, 0.3) is 0 Å². The Morgan fingerprint density at radius 2 is 2.20 bits per heavy atom. The summed E-state index contributed by atoms with van der Waals surface area (Å²) in [5, 5.41) is 10.1. The quantitative estimate of drug-likeness (QED) is 0.586. The second-order valence-corrected chi connectivity index (χ2v) is 4.62. The SMILES string of the molecule is COC(=O)c1cc(NCc2cn[nH]c2C)cc(C)c1N. The van der Waals surface area contributed by atoms with Gasteiger partial charge in [0.15, 0.2) is 0 Å². The van der Waals surface area contributed by atoms with E-state index in [9.17, 15) is 4.79 Å². The first kappa shape index (κ1) is 13.9. The first-order valence-electron chi connectivity index (χ1n) is 6.24. The summed E-state index contributed by atoms with van der Waals surface area (Å²) in [7, 11) is 1.34. The molecule has 6 heteroatoms. The predicted octanol–water partition coefficient (Wildman–Crippen LogP) is 2.01. The summed E-state index contributed by atoms with van der Waals surface area (Å²) in [6.45, 7) is 4.43. The third-order valence-corrected chi connectivity index (χ3v) is 3.21. The minimum atomic E-state index is -0.436. The number of hydrogen-bond acceptors (Lipinski definition) is 5. The number of rotatable bonds is 4. The number of nitrogen functional groups attached to an aromatic ring is 1. The molecule has 0 aliphatic carbocycles. The Hall–Kier alpha value is -2.50. The second-order valence-electron chi connectivity index (χ2n) is 4.62. The van der Waals surface area contributed by atoms with Crippen LogP contribution in [0.1, 0.15) is 27.2 Å². The Balaban J connectivity index is 2.22. The Labute approximate surface area is 117 Å². The molecule has 0 amide bonds. The maximum Gasteiger partial charge on any atom is 0.340 e. The first-order valence-corrected chi connectivity index (χ1v) is 6.24. The molecule has 1 aromatic carbocycles. The van der Waals surface area contributed by atoms with Gasteiger partial charge in [0, 0.05) is 29.2 Å². The average Bonchev–Trinajstić information content (AvgIpc) is 2.84. The van der Waals surface area contributed by atoms with E-state index in [0.717, 1.165) is 22.5 Å². The van der Waals surface area contributed by atoms with Crippen molar-refractivity contribution in [2.45, 2.75) is 20.4 Å². The number of hydrogen-bond donors (Lipinski definition) is 3. The van der Waals surface area contributed by atoms with Crippen LogP contribution in [0.5, 0.6) is 0 Å². The van der Waals surface area contributed by atoms with Gasteiger partial charge in [0.2, 0.25) is 0 Å². The van der Waals surface area contributed by atoms with Crippen LogP contribution >= 0.6 is 0 Å². The fourth-order valence-corrected chi connectivity index (χ4v) is 1.93. The highest BCUT2D eigenvalue weighted by Crippen LogP contribution is 2.24. The number of nitrogens with one attached hydrogen (secondary N) is 2. The van der Waals surface area contributed by atoms with Crippen LogP contribution in [0.2, 0.25) is 0 Å². The lowest BCUT2D eigenvalue weighted by Crippen LogP contribution is -2.09. The summed E-state index contributed by atoms with van der Waals surface area (Å²) in [6, 6.07) is 3.60. The highest BCUT2D eigenvalue weighted by molar-refractivity contribution is 5.97. The van der Waals surface area contributed by atoms with Crippen molar-refractivity contribution in [3.63, 3.8) is 0 Å². The predicted molar refractivity (Wildman–Crippen MR) is 77.6 cm³/mol. The van der Waals surface area contributed by atoms with Crippen molar-refractivity contribution >= 4 is 17.3 Å². The van der Waals surface area contributed by atoms with E-state index in [1.165, 1.54) is 7.11 Å². The number of carbonyl (C=O) groups is 1. The number of carbonyl (C=O) groups excluding carboxylic acids is 1.